The van der Waals surface area contributed by atoms with Crippen molar-refractivity contribution in [3.05, 3.63) is 18.0 Å². The highest BCUT2D eigenvalue weighted by Crippen LogP contribution is 2.33. The molecular formula is C14H18F3N3O3. The molecule has 0 spiro atoms. The van der Waals surface area contributed by atoms with Crippen LogP contribution >= 0.6 is 0 Å². The lowest BCUT2D eigenvalue weighted by Crippen LogP contribution is -2.57. The molecule has 0 bridgehead atoms. The predicted octanol–water partition coefficient (Wildman–Crippen LogP) is 2.15. The van der Waals surface area contributed by atoms with Crippen molar-refractivity contribution >= 4 is 11.9 Å². The van der Waals surface area contributed by atoms with E-state index in [1.54, 1.807) is 0 Å². The van der Waals surface area contributed by atoms with E-state index in [1.807, 2.05) is 0 Å². The number of hydrogen-bond donors (Lipinski definition) is 1. The topological polar surface area (TPSA) is 75.4 Å². The second kappa shape index (κ2) is 6.21. The van der Waals surface area contributed by atoms with Crippen LogP contribution in [0.5, 0.6) is 0 Å². The lowest BCUT2D eigenvalue weighted by molar-refractivity contribution is -0.160. The van der Waals surface area contributed by atoms with Crippen LogP contribution in [0, 0.1) is 0 Å². The number of carbonyl (C=O) groups is 2. The first-order valence-electron chi connectivity index (χ1n) is 7.27. The third-order valence-electron chi connectivity index (χ3n) is 4.32. The Morgan fingerprint density at radius 2 is 1.96 bits per heavy atom. The molecule has 1 aromatic heterocycles. The average molecular weight is 333 g/mol. The van der Waals surface area contributed by atoms with E-state index in [9.17, 15) is 27.9 Å². The summed E-state index contributed by atoms with van der Waals surface area (Å²) in [5, 5.41) is 12.8. The van der Waals surface area contributed by atoms with Crippen molar-refractivity contribution in [3.8, 4) is 0 Å². The Hall–Kier alpha value is -2.06. The van der Waals surface area contributed by atoms with Gasteiger partial charge in [0.25, 0.3) is 0 Å². The number of likely N-dealkylation sites (N-methyl/N-ethyl adjacent to an activating group) is 1. The molecule has 23 heavy (non-hydrogen) atoms. The molecule has 6 nitrogen and oxygen atoms in total. The maximum atomic E-state index is 12.5. The number of nitrogens with zero attached hydrogens (tertiary/aromatic N) is 3. The van der Waals surface area contributed by atoms with Crippen LogP contribution in [0.4, 0.5) is 13.2 Å². The van der Waals surface area contributed by atoms with Crippen LogP contribution < -0.4 is 0 Å². The standard InChI is InChI=1S/C14H18F3N3O3/c1-19(13(12(22)23)6-3-2-4-7-13)11(21)9-20-8-5-10(18-20)14(15,16)17/h5,8H,2-4,6-7,9H2,1H3,(H,22,23). The molecule has 1 saturated carbocycles. The highest BCUT2D eigenvalue weighted by atomic mass is 19.4. The molecule has 1 N–H and O–H groups in total. The van der Waals surface area contributed by atoms with Crippen molar-refractivity contribution in [2.45, 2.75) is 50.4 Å². The molecule has 0 unspecified atom stereocenters. The summed E-state index contributed by atoms with van der Waals surface area (Å²) in [6.45, 7) is -0.429. The zero-order valence-corrected chi connectivity index (χ0v) is 12.6. The van der Waals surface area contributed by atoms with Crippen molar-refractivity contribution in [1.82, 2.24) is 14.7 Å². The number of rotatable bonds is 4. The Morgan fingerprint density at radius 1 is 1.35 bits per heavy atom. The van der Waals surface area contributed by atoms with E-state index in [4.69, 9.17) is 0 Å². The predicted molar refractivity (Wildman–Crippen MR) is 73.5 cm³/mol. The molecule has 1 aliphatic rings. The van der Waals surface area contributed by atoms with Crippen molar-refractivity contribution in [2.75, 3.05) is 7.05 Å². The molecule has 2 rings (SSSR count). The smallest absolute Gasteiger partial charge is 0.435 e. The van der Waals surface area contributed by atoms with Gasteiger partial charge in [-0.05, 0) is 18.9 Å². The number of aromatic nitrogens is 2. The first-order valence-corrected chi connectivity index (χ1v) is 7.27. The number of carboxylic acid groups (broad SMARTS) is 1. The Bertz CT molecular complexity index is 592. The van der Waals surface area contributed by atoms with Gasteiger partial charge in [0.15, 0.2) is 5.69 Å². The number of amides is 1. The zero-order valence-electron chi connectivity index (χ0n) is 12.6. The summed E-state index contributed by atoms with van der Waals surface area (Å²) in [5.41, 5.74) is -2.37. The Kier molecular flexibility index (Phi) is 4.67. The number of aliphatic carboxylic acids is 1. The number of halogens is 3. The monoisotopic (exact) mass is 333 g/mol. The molecule has 0 atom stereocenters. The summed E-state index contributed by atoms with van der Waals surface area (Å²) in [7, 11) is 1.38. The molecule has 1 aliphatic carbocycles. The van der Waals surface area contributed by atoms with Gasteiger partial charge in [-0.2, -0.15) is 18.3 Å². The molecular weight excluding hydrogens is 315 g/mol. The number of alkyl halides is 3. The molecule has 1 heterocycles. The summed E-state index contributed by atoms with van der Waals surface area (Å²) >= 11 is 0. The van der Waals surface area contributed by atoms with Crippen molar-refractivity contribution < 1.29 is 27.9 Å². The van der Waals surface area contributed by atoms with Gasteiger partial charge < -0.3 is 10.0 Å². The van der Waals surface area contributed by atoms with E-state index in [0.717, 1.165) is 28.3 Å². The van der Waals surface area contributed by atoms with Crippen LogP contribution in [0.3, 0.4) is 0 Å². The highest BCUT2D eigenvalue weighted by Gasteiger charge is 2.45. The normalized spacial score (nSPS) is 17.7. The quantitative estimate of drug-likeness (QED) is 0.916. The Morgan fingerprint density at radius 3 is 2.43 bits per heavy atom. The lowest BCUT2D eigenvalue weighted by atomic mass is 9.80. The first kappa shape index (κ1) is 17.3. The van der Waals surface area contributed by atoms with Crippen LogP contribution in [-0.4, -0.2) is 44.3 Å². The average Bonchev–Trinajstić information content (AvgIpc) is 2.95. The van der Waals surface area contributed by atoms with Gasteiger partial charge in [-0.1, -0.05) is 19.3 Å². The van der Waals surface area contributed by atoms with Crippen LogP contribution in [0.1, 0.15) is 37.8 Å². The van der Waals surface area contributed by atoms with Crippen LogP contribution in [0.15, 0.2) is 12.3 Å². The van der Waals surface area contributed by atoms with E-state index in [-0.39, 0.29) is 0 Å². The molecule has 1 fully saturated rings. The third kappa shape index (κ3) is 3.48. The molecule has 0 saturated heterocycles. The van der Waals surface area contributed by atoms with Gasteiger partial charge in [-0.3, -0.25) is 9.48 Å². The molecule has 0 radical (unpaired) electrons. The maximum Gasteiger partial charge on any atom is 0.435 e. The lowest BCUT2D eigenvalue weighted by Gasteiger charge is -2.41. The molecule has 0 aliphatic heterocycles. The number of hydrogen-bond acceptors (Lipinski definition) is 3. The molecule has 128 valence electrons. The van der Waals surface area contributed by atoms with Crippen molar-refractivity contribution in [1.29, 1.82) is 0 Å². The number of carboxylic acids is 1. The SMILES string of the molecule is CN(C(=O)Cn1ccc(C(F)(F)F)n1)C1(C(=O)O)CCCCC1. The summed E-state index contributed by atoms with van der Waals surface area (Å²) in [4.78, 5) is 25.1. The third-order valence-corrected chi connectivity index (χ3v) is 4.32. The van der Waals surface area contributed by atoms with E-state index < -0.39 is 35.8 Å². The second-order valence-corrected chi connectivity index (χ2v) is 5.75. The van der Waals surface area contributed by atoms with Gasteiger partial charge in [-0.15, -0.1) is 0 Å². The van der Waals surface area contributed by atoms with Crippen LogP contribution in [0.25, 0.3) is 0 Å². The van der Waals surface area contributed by atoms with E-state index >= 15 is 0 Å². The molecule has 1 aromatic rings. The van der Waals surface area contributed by atoms with Gasteiger partial charge in [0.1, 0.15) is 12.1 Å². The van der Waals surface area contributed by atoms with Crippen LogP contribution in [-0.2, 0) is 22.3 Å². The first-order chi connectivity index (χ1) is 10.7. The minimum atomic E-state index is -4.58. The van der Waals surface area contributed by atoms with Gasteiger partial charge >= 0.3 is 12.1 Å². The van der Waals surface area contributed by atoms with Gasteiger partial charge in [0.05, 0.1) is 0 Å². The summed E-state index contributed by atoms with van der Waals surface area (Å²) < 4.78 is 38.4. The molecule has 1 amide bonds. The Balaban J connectivity index is 2.12. The minimum Gasteiger partial charge on any atom is -0.479 e. The van der Waals surface area contributed by atoms with E-state index in [1.165, 1.54) is 7.05 Å². The fraction of sp³-hybridized carbons (Fsp3) is 0.643. The summed E-state index contributed by atoms with van der Waals surface area (Å²) in [6, 6.07) is 0.779. The number of carbonyl (C=O) groups excluding carboxylic acids is 1. The van der Waals surface area contributed by atoms with Gasteiger partial charge in [0.2, 0.25) is 5.91 Å². The maximum absolute atomic E-state index is 12.5. The minimum absolute atomic E-state index is 0.345. The van der Waals surface area contributed by atoms with E-state index in [0.29, 0.717) is 25.7 Å². The fourth-order valence-electron chi connectivity index (χ4n) is 2.91. The zero-order chi connectivity index (χ0) is 17.3. The second-order valence-electron chi connectivity index (χ2n) is 5.75. The molecule has 9 heteroatoms. The fourth-order valence-corrected chi connectivity index (χ4v) is 2.91. The Labute approximate surface area is 130 Å². The summed E-state index contributed by atoms with van der Waals surface area (Å²) in [5.74, 6) is -1.66. The summed E-state index contributed by atoms with van der Waals surface area (Å²) in [6.07, 6.45) is -0.525. The largest absolute Gasteiger partial charge is 0.479 e. The van der Waals surface area contributed by atoms with Gasteiger partial charge in [-0.25, -0.2) is 4.79 Å². The van der Waals surface area contributed by atoms with Gasteiger partial charge in [0, 0.05) is 13.2 Å². The van der Waals surface area contributed by atoms with Crippen molar-refractivity contribution in [3.63, 3.8) is 0 Å². The van der Waals surface area contributed by atoms with E-state index in [2.05, 4.69) is 5.10 Å². The van der Waals surface area contributed by atoms with Crippen LogP contribution in [0.2, 0.25) is 0 Å². The van der Waals surface area contributed by atoms with Crippen molar-refractivity contribution in [2.24, 2.45) is 0 Å². The highest BCUT2D eigenvalue weighted by molar-refractivity contribution is 5.86. The molecule has 0 aromatic carbocycles.